The molecule has 2 aromatic rings. The first-order valence-corrected chi connectivity index (χ1v) is 11.0. The number of hydrogen-bond acceptors (Lipinski definition) is 9. The fourth-order valence-corrected chi connectivity index (χ4v) is 3.69. The molecule has 3 rings (SSSR count). The van der Waals surface area contributed by atoms with Crippen LogP contribution < -0.4 is 10.1 Å². The van der Waals surface area contributed by atoms with Crippen LogP contribution in [-0.4, -0.2) is 91.8 Å². The number of aliphatic hydroxyl groups excluding tert-OH is 4. The first kappa shape index (κ1) is 27.0. The largest absolute Gasteiger partial charge is 0.481 e. The minimum atomic E-state index is -1.62. The quantitative estimate of drug-likeness (QED) is 0.221. The first-order chi connectivity index (χ1) is 17.1. The van der Waals surface area contributed by atoms with Crippen LogP contribution in [0.25, 0.3) is 11.1 Å². The predicted molar refractivity (Wildman–Crippen MR) is 122 cm³/mol. The zero-order valence-electron chi connectivity index (χ0n) is 18.9. The third kappa shape index (κ3) is 6.36. The Labute approximate surface area is 205 Å². The monoisotopic (exact) mass is 505 g/mol. The Morgan fingerprint density at radius 1 is 0.972 bits per heavy atom. The standard InChI is InChI=1S/C24H27NO11/c26-11-17-19(29)20(30)21(31)24(36-17)35-16-7-2-1-6-14(16)12-4-3-5-13(10-12)22(32)25-15(23(33)34)8-9-18(27)28/h1-7,10,15,17,19-21,24,26,29-31H,8-9,11H2,(H,25,32)(H,27,28)(H,33,34)/t15-,17?,19?,20?,21?,24?/m0/s1. The van der Waals surface area contributed by atoms with Crippen molar-refractivity contribution in [2.45, 2.75) is 49.6 Å². The Morgan fingerprint density at radius 2 is 1.69 bits per heavy atom. The van der Waals surface area contributed by atoms with E-state index < -0.39 is 67.6 Å². The molecule has 12 heteroatoms. The van der Waals surface area contributed by atoms with Crippen molar-refractivity contribution in [3.63, 3.8) is 0 Å². The Balaban J connectivity index is 1.82. The van der Waals surface area contributed by atoms with E-state index in [9.17, 15) is 39.9 Å². The summed E-state index contributed by atoms with van der Waals surface area (Å²) in [4.78, 5) is 34.9. The second-order valence-corrected chi connectivity index (χ2v) is 8.19. The maximum Gasteiger partial charge on any atom is 0.326 e. The van der Waals surface area contributed by atoms with Gasteiger partial charge in [-0.3, -0.25) is 9.59 Å². The van der Waals surface area contributed by atoms with E-state index in [1.807, 2.05) is 0 Å². The minimum absolute atomic E-state index is 0.108. The highest BCUT2D eigenvalue weighted by Crippen LogP contribution is 2.33. The molecule has 6 atom stereocenters. The number of carboxylic acids is 2. The van der Waals surface area contributed by atoms with E-state index in [1.165, 1.54) is 12.1 Å². The molecule has 194 valence electrons. The smallest absolute Gasteiger partial charge is 0.326 e. The van der Waals surface area contributed by atoms with E-state index in [4.69, 9.17) is 14.6 Å². The molecule has 1 saturated heterocycles. The van der Waals surface area contributed by atoms with Crippen LogP contribution in [0.4, 0.5) is 0 Å². The zero-order valence-corrected chi connectivity index (χ0v) is 18.9. The number of benzene rings is 2. The summed E-state index contributed by atoms with van der Waals surface area (Å²) in [6, 6.07) is 11.3. The number of rotatable bonds is 10. The van der Waals surface area contributed by atoms with E-state index in [1.54, 1.807) is 36.4 Å². The maximum atomic E-state index is 12.7. The Bertz CT molecular complexity index is 1090. The third-order valence-corrected chi connectivity index (χ3v) is 5.66. The van der Waals surface area contributed by atoms with Crippen molar-refractivity contribution in [1.82, 2.24) is 5.32 Å². The lowest BCUT2D eigenvalue weighted by atomic mass is 9.99. The molecule has 36 heavy (non-hydrogen) atoms. The SMILES string of the molecule is O=C(O)CC[C@H](NC(=O)c1cccc(-c2ccccc2OC2OC(CO)C(O)C(O)C2O)c1)C(=O)O. The van der Waals surface area contributed by atoms with Gasteiger partial charge in [0.15, 0.2) is 0 Å². The molecule has 0 aliphatic carbocycles. The lowest BCUT2D eigenvalue weighted by Gasteiger charge is -2.39. The van der Waals surface area contributed by atoms with Gasteiger partial charge in [-0.25, -0.2) is 4.79 Å². The van der Waals surface area contributed by atoms with Gasteiger partial charge in [0.25, 0.3) is 5.91 Å². The second-order valence-electron chi connectivity index (χ2n) is 8.19. The number of carbonyl (C=O) groups excluding carboxylic acids is 1. The molecule has 2 aromatic carbocycles. The number of ether oxygens (including phenoxy) is 2. The molecule has 0 radical (unpaired) electrons. The van der Waals surface area contributed by atoms with Gasteiger partial charge >= 0.3 is 11.9 Å². The highest BCUT2D eigenvalue weighted by molar-refractivity contribution is 5.97. The van der Waals surface area contributed by atoms with Crippen molar-refractivity contribution in [3.8, 4) is 16.9 Å². The van der Waals surface area contributed by atoms with Crippen LogP contribution in [0.3, 0.4) is 0 Å². The number of carboxylic acid groups (broad SMARTS) is 2. The molecular weight excluding hydrogens is 478 g/mol. The molecular formula is C24H27NO11. The van der Waals surface area contributed by atoms with Gasteiger partial charge < -0.3 is 45.4 Å². The summed E-state index contributed by atoms with van der Waals surface area (Å²) in [6.45, 7) is -0.618. The normalized spacial score (nSPS) is 24.5. The van der Waals surface area contributed by atoms with Gasteiger partial charge in [0.2, 0.25) is 6.29 Å². The van der Waals surface area contributed by atoms with Crippen molar-refractivity contribution < 1.29 is 54.5 Å². The highest BCUT2D eigenvalue weighted by Gasteiger charge is 2.44. The summed E-state index contributed by atoms with van der Waals surface area (Å²) >= 11 is 0. The molecule has 12 nitrogen and oxygen atoms in total. The number of nitrogens with one attached hydrogen (secondary N) is 1. The molecule has 0 aromatic heterocycles. The summed E-state index contributed by atoms with van der Waals surface area (Å²) in [7, 11) is 0. The Kier molecular flexibility index (Phi) is 8.96. The number of amides is 1. The van der Waals surface area contributed by atoms with E-state index in [2.05, 4.69) is 5.32 Å². The van der Waals surface area contributed by atoms with Crippen LogP contribution in [-0.2, 0) is 14.3 Å². The fraction of sp³-hybridized carbons (Fsp3) is 0.375. The topological polar surface area (TPSA) is 203 Å². The number of aliphatic hydroxyl groups is 4. The number of para-hydroxylation sites is 1. The van der Waals surface area contributed by atoms with Crippen molar-refractivity contribution in [1.29, 1.82) is 0 Å². The summed E-state index contributed by atoms with van der Waals surface area (Å²) < 4.78 is 11.2. The molecule has 1 aliphatic rings. The summed E-state index contributed by atoms with van der Waals surface area (Å²) in [5.41, 5.74) is 1.06. The minimum Gasteiger partial charge on any atom is -0.481 e. The van der Waals surface area contributed by atoms with Gasteiger partial charge in [-0.05, 0) is 30.2 Å². The van der Waals surface area contributed by atoms with Crippen molar-refractivity contribution in [3.05, 3.63) is 54.1 Å². The lowest BCUT2D eigenvalue weighted by molar-refractivity contribution is -0.277. The van der Waals surface area contributed by atoms with Gasteiger partial charge in [-0.1, -0.05) is 30.3 Å². The van der Waals surface area contributed by atoms with Crippen LogP contribution >= 0.6 is 0 Å². The number of hydrogen-bond donors (Lipinski definition) is 7. The Morgan fingerprint density at radius 3 is 2.36 bits per heavy atom. The Hall–Kier alpha value is -3.55. The van der Waals surface area contributed by atoms with Gasteiger partial charge in [-0.2, -0.15) is 0 Å². The van der Waals surface area contributed by atoms with E-state index in [0.29, 0.717) is 11.1 Å². The fourth-order valence-electron chi connectivity index (χ4n) is 3.69. The van der Waals surface area contributed by atoms with Gasteiger partial charge in [0, 0.05) is 17.5 Å². The lowest BCUT2D eigenvalue weighted by Crippen LogP contribution is -2.60. The van der Waals surface area contributed by atoms with Crippen molar-refractivity contribution in [2.75, 3.05) is 6.61 Å². The van der Waals surface area contributed by atoms with Crippen LogP contribution in [0, 0.1) is 0 Å². The average Bonchev–Trinajstić information content (AvgIpc) is 2.86. The predicted octanol–water partition coefficient (Wildman–Crippen LogP) is -0.420. The number of aliphatic carboxylic acids is 2. The van der Waals surface area contributed by atoms with Crippen LogP contribution in [0.5, 0.6) is 5.75 Å². The summed E-state index contributed by atoms with van der Waals surface area (Å²) in [5, 5.41) is 60.1. The molecule has 1 aliphatic heterocycles. The van der Waals surface area contributed by atoms with Gasteiger partial charge in [0.05, 0.1) is 6.61 Å². The number of carbonyl (C=O) groups is 3. The maximum absolute atomic E-state index is 12.7. The molecule has 0 saturated carbocycles. The molecule has 1 fully saturated rings. The molecule has 5 unspecified atom stereocenters. The molecule has 7 N–H and O–H groups in total. The van der Waals surface area contributed by atoms with Crippen LogP contribution in [0.2, 0.25) is 0 Å². The van der Waals surface area contributed by atoms with Crippen molar-refractivity contribution in [2.24, 2.45) is 0 Å². The molecule has 0 spiro atoms. The highest BCUT2D eigenvalue weighted by atomic mass is 16.7. The molecule has 1 amide bonds. The summed E-state index contributed by atoms with van der Waals surface area (Å²) in [5.74, 6) is -3.07. The van der Waals surface area contributed by atoms with E-state index >= 15 is 0 Å². The zero-order chi connectivity index (χ0) is 26.4. The van der Waals surface area contributed by atoms with Crippen molar-refractivity contribution >= 4 is 17.8 Å². The van der Waals surface area contributed by atoms with Gasteiger partial charge in [0.1, 0.15) is 36.2 Å². The van der Waals surface area contributed by atoms with E-state index in [-0.39, 0.29) is 17.7 Å². The molecule has 0 bridgehead atoms. The average molecular weight is 505 g/mol. The van der Waals surface area contributed by atoms with Crippen LogP contribution in [0.15, 0.2) is 48.5 Å². The van der Waals surface area contributed by atoms with E-state index in [0.717, 1.165) is 0 Å². The second kappa shape index (κ2) is 11.9. The molecule has 1 heterocycles. The summed E-state index contributed by atoms with van der Waals surface area (Å²) in [6.07, 6.45) is -8.07. The van der Waals surface area contributed by atoms with Gasteiger partial charge in [-0.15, -0.1) is 0 Å². The first-order valence-electron chi connectivity index (χ1n) is 11.0. The third-order valence-electron chi connectivity index (χ3n) is 5.66. The van der Waals surface area contributed by atoms with Crippen LogP contribution in [0.1, 0.15) is 23.2 Å².